The molecule has 0 spiro atoms. The van der Waals surface area contributed by atoms with Gasteiger partial charge in [-0.2, -0.15) is 13.2 Å². The monoisotopic (exact) mass is 318 g/mol. The molecule has 2 amide bonds. The van der Waals surface area contributed by atoms with Crippen molar-refractivity contribution in [1.29, 1.82) is 0 Å². The van der Waals surface area contributed by atoms with Gasteiger partial charge in [0.05, 0.1) is 11.7 Å². The van der Waals surface area contributed by atoms with Gasteiger partial charge in [0.15, 0.2) is 0 Å². The summed E-state index contributed by atoms with van der Waals surface area (Å²) < 4.78 is 37.7. The Morgan fingerprint density at radius 2 is 1.91 bits per heavy atom. The van der Waals surface area contributed by atoms with Crippen LogP contribution in [0.4, 0.5) is 23.7 Å². The molecule has 4 nitrogen and oxygen atoms in total. The molecule has 0 aliphatic carbocycles. The third kappa shape index (κ3) is 5.93. The number of aliphatic hydroxyl groups is 1. The first-order valence-electron chi connectivity index (χ1n) is 6.90. The van der Waals surface area contributed by atoms with Gasteiger partial charge in [-0.3, -0.25) is 0 Å². The molecule has 22 heavy (non-hydrogen) atoms. The topological polar surface area (TPSA) is 61.4 Å². The van der Waals surface area contributed by atoms with Crippen LogP contribution in [-0.4, -0.2) is 23.8 Å². The van der Waals surface area contributed by atoms with Crippen LogP contribution in [-0.2, 0) is 6.18 Å². The highest BCUT2D eigenvalue weighted by atomic mass is 19.4. The van der Waals surface area contributed by atoms with Crippen LogP contribution in [0.3, 0.4) is 0 Å². The zero-order valence-corrected chi connectivity index (χ0v) is 12.8. The summed E-state index contributed by atoms with van der Waals surface area (Å²) in [5, 5.41) is 14.7. The van der Waals surface area contributed by atoms with Gasteiger partial charge in [-0.1, -0.05) is 26.8 Å². The number of benzene rings is 1. The minimum absolute atomic E-state index is 0.0590. The lowest BCUT2D eigenvalue weighted by molar-refractivity contribution is -0.137. The van der Waals surface area contributed by atoms with E-state index < -0.39 is 23.9 Å². The smallest absolute Gasteiger partial charge is 0.393 e. The Morgan fingerprint density at radius 3 is 2.45 bits per heavy atom. The first kappa shape index (κ1) is 18.3. The van der Waals surface area contributed by atoms with E-state index in [4.69, 9.17) is 0 Å². The van der Waals surface area contributed by atoms with E-state index in [1.165, 1.54) is 12.1 Å². The Balaban J connectivity index is 2.49. The van der Waals surface area contributed by atoms with Crippen molar-refractivity contribution in [3.05, 3.63) is 29.8 Å². The van der Waals surface area contributed by atoms with Gasteiger partial charge in [0.1, 0.15) is 0 Å². The van der Waals surface area contributed by atoms with E-state index in [1.54, 1.807) is 0 Å². The van der Waals surface area contributed by atoms with E-state index >= 15 is 0 Å². The Morgan fingerprint density at radius 1 is 1.27 bits per heavy atom. The van der Waals surface area contributed by atoms with Crippen LogP contribution < -0.4 is 10.6 Å². The summed E-state index contributed by atoms with van der Waals surface area (Å²) in [6.07, 6.45) is -4.67. The Kier molecular flexibility index (Phi) is 5.82. The summed E-state index contributed by atoms with van der Waals surface area (Å²) in [5.41, 5.74) is -1.06. The zero-order valence-electron chi connectivity index (χ0n) is 12.8. The molecule has 0 saturated carbocycles. The molecule has 0 aromatic heterocycles. The summed E-state index contributed by atoms with van der Waals surface area (Å²) >= 11 is 0. The number of halogens is 3. The Bertz CT molecular complexity index is 510. The van der Waals surface area contributed by atoms with Gasteiger partial charge in [0, 0.05) is 12.2 Å². The number of aliphatic hydroxyl groups excluding tert-OH is 1. The van der Waals surface area contributed by atoms with Gasteiger partial charge in [-0.15, -0.1) is 0 Å². The summed E-state index contributed by atoms with van der Waals surface area (Å²) in [6, 6.07) is 3.79. The molecule has 1 aromatic carbocycles. The molecule has 0 heterocycles. The first-order chi connectivity index (χ1) is 10.00. The normalized spacial score (nSPS) is 13.6. The summed E-state index contributed by atoms with van der Waals surface area (Å²) in [6.45, 7) is 5.85. The SMILES string of the molecule is CC(C)(C)C(O)CCNC(=O)Nc1cccc(C(F)(F)F)c1. The fourth-order valence-corrected chi connectivity index (χ4v) is 1.70. The van der Waals surface area contributed by atoms with Crippen LogP contribution in [0.1, 0.15) is 32.8 Å². The molecule has 3 N–H and O–H groups in total. The number of alkyl halides is 3. The van der Waals surface area contributed by atoms with Crippen LogP contribution in [0.25, 0.3) is 0 Å². The lowest BCUT2D eigenvalue weighted by Gasteiger charge is -2.25. The lowest BCUT2D eigenvalue weighted by Crippen LogP contribution is -2.34. The average Bonchev–Trinajstić information content (AvgIpc) is 2.36. The highest BCUT2D eigenvalue weighted by Gasteiger charge is 2.30. The number of hydrogen-bond acceptors (Lipinski definition) is 2. The van der Waals surface area contributed by atoms with E-state index in [0.717, 1.165) is 12.1 Å². The van der Waals surface area contributed by atoms with Crippen molar-refractivity contribution in [3.8, 4) is 0 Å². The number of anilines is 1. The second-order valence-electron chi connectivity index (χ2n) is 6.13. The summed E-state index contributed by atoms with van der Waals surface area (Å²) in [4.78, 5) is 11.6. The summed E-state index contributed by atoms with van der Waals surface area (Å²) in [5.74, 6) is 0. The van der Waals surface area contributed by atoms with Crippen LogP contribution in [0.2, 0.25) is 0 Å². The number of hydrogen-bond donors (Lipinski definition) is 3. The molecule has 0 aliphatic rings. The van der Waals surface area contributed by atoms with Gasteiger partial charge in [-0.05, 0) is 30.0 Å². The van der Waals surface area contributed by atoms with E-state index in [0.29, 0.717) is 6.42 Å². The fraction of sp³-hybridized carbons (Fsp3) is 0.533. The van der Waals surface area contributed by atoms with Gasteiger partial charge in [0.2, 0.25) is 0 Å². The predicted octanol–water partition coefficient (Wildman–Crippen LogP) is 3.62. The number of carbonyl (C=O) groups excluding carboxylic acids is 1. The van der Waals surface area contributed by atoms with Crippen molar-refractivity contribution in [2.45, 2.75) is 39.5 Å². The van der Waals surface area contributed by atoms with Crippen LogP contribution >= 0.6 is 0 Å². The molecular weight excluding hydrogens is 297 g/mol. The minimum Gasteiger partial charge on any atom is -0.393 e. The van der Waals surface area contributed by atoms with Crippen molar-refractivity contribution in [2.24, 2.45) is 5.41 Å². The molecule has 124 valence electrons. The predicted molar refractivity (Wildman–Crippen MR) is 78.5 cm³/mol. The summed E-state index contributed by atoms with van der Waals surface area (Å²) in [7, 11) is 0. The molecule has 0 fully saturated rings. The zero-order chi connectivity index (χ0) is 17.0. The van der Waals surface area contributed by atoms with Gasteiger partial charge >= 0.3 is 12.2 Å². The molecule has 0 bridgehead atoms. The molecule has 0 saturated heterocycles. The Labute approximate surface area is 127 Å². The second kappa shape index (κ2) is 7.00. The highest BCUT2D eigenvalue weighted by Crippen LogP contribution is 2.30. The molecule has 1 aromatic rings. The van der Waals surface area contributed by atoms with Crippen molar-refractivity contribution in [3.63, 3.8) is 0 Å². The number of carbonyl (C=O) groups is 1. The molecule has 7 heteroatoms. The third-order valence-electron chi connectivity index (χ3n) is 3.15. The molecular formula is C15H21F3N2O2. The van der Waals surface area contributed by atoms with Crippen LogP contribution in [0.5, 0.6) is 0 Å². The van der Waals surface area contributed by atoms with Crippen molar-refractivity contribution in [2.75, 3.05) is 11.9 Å². The van der Waals surface area contributed by atoms with Crippen LogP contribution in [0.15, 0.2) is 24.3 Å². The largest absolute Gasteiger partial charge is 0.416 e. The number of rotatable bonds is 4. The maximum Gasteiger partial charge on any atom is 0.416 e. The fourth-order valence-electron chi connectivity index (χ4n) is 1.70. The standard InChI is InChI=1S/C15H21F3N2O2/c1-14(2,3)12(21)7-8-19-13(22)20-11-6-4-5-10(9-11)15(16,17)18/h4-6,9,12,21H,7-8H2,1-3H3,(H2,19,20,22). The quantitative estimate of drug-likeness (QED) is 0.794. The van der Waals surface area contributed by atoms with Crippen molar-refractivity contribution < 1.29 is 23.1 Å². The molecule has 1 unspecified atom stereocenters. The van der Waals surface area contributed by atoms with Gasteiger partial charge in [-0.25, -0.2) is 4.79 Å². The first-order valence-corrected chi connectivity index (χ1v) is 6.90. The molecule has 1 rings (SSSR count). The lowest BCUT2D eigenvalue weighted by atomic mass is 9.87. The molecule has 0 radical (unpaired) electrons. The van der Waals surface area contributed by atoms with E-state index in [1.807, 2.05) is 20.8 Å². The minimum atomic E-state index is -4.45. The number of nitrogens with one attached hydrogen (secondary N) is 2. The second-order valence-corrected chi connectivity index (χ2v) is 6.13. The maximum absolute atomic E-state index is 12.6. The van der Waals surface area contributed by atoms with E-state index in [9.17, 15) is 23.1 Å². The number of urea groups is 1. The van der Waals surface area contributed by atoms with E-state index in [2.05, 4.69) is 10.6 Å². The third-order valence-corrected chi connectivity index (χ3v) is 3.15. The van der Waals surface area contributed by atoms with Crippen LogP contribution in [0, 0.1) is 5.41 Å². The molecule has 0 aliphatic heterocycles. The van der Waals surface area contributed by atoms with Crippen molar-refractivity contribution in [1.82, 2.24) is 5.32 Å². The Hall–Kier alpha value is -1.76. The van der Waals surface area contributed by atoms with Gasteiger partial charge < -0.3 is 15.7 Å². The highest BCUT2D eigenvalue weighted by molar-refractivity contribution is 5.89. The molecule has 1 atom stereocenters. The van der Waals surface area contributed by atoms with E-state index in [-0.39, 0.29) is 17.6 Å². The number of amides is 2. The van der Waals surface area contributed by atoms with Crippen molar-refractivity contribution >= 4 is 11.7 Å². The van der Waals surface area contributed by atoms with Gasteiger partial charge in [0.25, 0.3) is 0 Å². The average molecular weight is 318 g/mol. The maximum atomic E-state index is 12.6.